The van der Waals surface area contributed by atoms with E-state index >= 15 is 0 Å². The van der Waals surface area contributed by atoms with Crippen molar-refractivity contribution >= 4 is 10.1 Å². The van der Waals surface area contributed by atoms with Crippen LogP contribution in [0.15, 0.2) is 18.2 Å². The Morgan fingerprint density at radius 1 is 1.40 bits per heavy atom. The maximum atomic E-state index is 10.8. The van der Waals surface area contributed by atoms with Crippen LogP contribution in [0.1, 0.15) is 23.7 Å². The van der Waals surface area contributed by atoms with E-state index in [1.54, 1.807) is 0 Å². The van der Waals surface area contributed by atoms with Gasteiger partial charge in [0, 0.05) is 0 Å². The van der Waals surface area contributed by atoms with Crippen LogP contribution in [0.5, 0.6) is 5.75 Å². The molecular formula is C12H17AuO2. The third-order valence-electron chi connectivity index (χ3n) is 1.89. The van der Waals surface area contributed by atoms with Gasteiger partial charge in [0.15, 0.2) is 0 Å². The Hall–Kier alpha value is -0.570. The molecule has 0 saturated carbocycles. The normalized spacial score (nSPS) is 11.0. The fourth-order valence-corrected chi connectivity index (χ4v) is 2.93. The summed E-state index contributed by atoms with van der Waals surface area (Å²) in [5, 5.41) is 4.55. The van der Waals surface area contributed by atoms with E-state index in [0.29, 0.717) is 12.2 Å². The maximum absolute atomic E-state index is 10.8. The molecule has 0 heterocycles. The SMILES string of the molecule is CCCOc1c[c]([Au]([CH3])[CH3])ccc1C=O. The number of rotatable bonds is 5. The van der Waals surface area contributed by atoms with Gasteiger partial charge in [-0.05, 0) is 0 Å². The van der Waals surface area contributed by atoms with Gasteiger partial charge in [-0.1, -0.05) is 0 Å². The summed E-state index contributed by atoms with van der Waals surface area (Å²) >= 11 is -0.903. The monoisotopic (exact) mass is 390 g/mol. The summed E-state index contributed by atoms with van der Waals surface area (Å²) < 4.78 is 6.91. The van der Waals surface area contributed by atoms with Crippen LogP contribution in [-0.2, 0) is 18.4 Å². The van der Waals surface area contributed by atoms with Crippen LogP contribution < -0.4 is 8.52 Å². The summed E-state index contributed by atoms with van der Waals surface area (Å²) in [5.74, 6) is 0.744. The first kappa shape index (κ1) is 12.5. The molecule has 0 N–H and O–H groups in total. The molecule has 0 spiro atoms. The average molecular weight is 390 g/mol. The predicted octanol–water partition coefficient (Wildman–Crippen LogP) is 2.63. The number of carbonyl (C=O) groups excluding carboxylic acids is 1. The van der Waals surface area contributed by atoms with Crippen molar-refractivity contribution in [3.63, 3.8) is 0 Å². The first-order chi connectivity index (χ1) is 7.19. The van der Waals surface area contributed by atoms with Gasteiger partial charge < -0.3 is 0 Å². The van der Waals surface area contributed by atoms with Crippen molar-refractivity contribution in [3.8, 4) is 5.75 Å². The van der Waals surface area contributed by atoms with E-state index in [0.717, 1.165) is 18.5 Å². The number of benzene rings is 1. The van der Waals surface area contributed by atoms with Crippen molar-refractivity contribution in [1.82, 2.24) is 0 Å². The third-order valence-corrected chi connectivity index (χ3v) is 5.06. The topological polar surface area (TPSA) is 26.3 Å². The summed E-state index contributed by atoms with van der Waals surface area (Å²) in [4.78, 5) is 10.8. The van der Waals surface area contributed by atoms with Gasteiger partial charge >= 0.3 is 97.8 Å². The van der Waals surface area contributed by atoms with Crippen molar-refractivity contribution in [2.45, 2.75) is 23.6 Å². The minimum absolute atomic E-state index is 0.656. The zero-order chi connectivity index (χ0) is 11.3. The zero-order valence-corrected chi connectivity index (χ0v) is 11.5. The van der Waals surface area contributed by atoms with Gasteiger partial charge in [-0.25, -0.2) is 0 Å². The van der Waals surface area contributed by atoms with Crippen molar-refractivity contribution < 1.29 is 28.0 Å². The molecule has 0 unspecified atom stereocenters. The van der Waals surface area contributed by atoms with Gasteiger partial charge in [-0.15, -0.1) is 0 Å². The second-order valence-electron chi connectivity index (χ2n) is 3.21. The Bertz CT molecular complexity index is 334. The molecule has 0 aromatic heterocycles. The molecule has 1 aromatic carbocycles. The first-order valence-corrected chi connectivity index (χ1v) is 10.1. The van der Waals surface area contributed by atoms with Crippen LogP contribution in [0.25, 0.3) is 0 Å². The van der Waals surface area contributed by atoms with E-state index in [1.165, 1.54) is 3.78 Å². The Balaban J connectivity index is 2.96. The summed E-state index contributed by atoms with van der Waals surface area (Å²) in [7, 11) is 0. The fourth-order valence-electron chi connectivity index (χ4n) is 1.11. The number of hydrogen-bond donors (Lipinski definition) is 0. The molecule has 0 atom stereocenters. The van der Waals surface area contributed by atoms with Gasteiger partial charge in [0.2, 0.25) is 0 Å². The average Bonchev–Trinajstić information content (AvgIpc) is 2.25. The van der Waals surface area contributed by atoms with E-state index in [4.69, 9.17) is 4.74 Å². The number of hydrogen-bond acceptors (Lipinski definition) is 2. The second-order valence-corrected chi connectivity index (χ2v) is 8.79. The van der Waals surface area contributed by atoms with E-state index in [1.807, 2.05) is 18.2 Å². The summed E-state index contributed by atoms with van der Waals surface area (Å²) in [6.45, 7) is 2.73. The van der Waals surface area contributed by atoms with Gasteiger partial charge in [0.05, 0.1) is 0 Å². The first-order valence-electron chi connectivity index (χ1n) is 4.72. The van der Waals surface area contributed by atoms with Crippen LogP contribution in [0.4, 0.5) is 0 Å². The molecule has 0 amide bonds. The second kappa shape index (κ2) is 6.11. The Morgan fingerprint density at radius 2 is 2.13 bits per heavy atom. The van der Waals surface area contributed by atoms with Crippen molar-refractivity contribution in [3.05, 3.63) is 23.8 Å². The van der Waals surface area contributed by atoms with E-state index in [-0.39, 0.29) is 0 Å². The van der Waals surface area contributed by atoms with Gasteiger partial charge in [0.1, 0.15) is 0 Å². The van der Waals surface area contributed by atoms with Crippen LogP contribution in [0.3, 0.4) is 0 Å². The summed E-state index contributed by atoms with van der Waals surface area (Å²) in [6.07, 6.45) is 1.82. The van der Waals surface area contributed by atoms with Crippen LogP contribution in [-0.4, -0.2) is 12.9 Å². The molecule has 0 saturated heterocycles. The molecule has 3 heteroatoms. The molecule has 2 nitrogen and oxygen atoms in total. The summed E-state index contributed by atoms with van der Waals surface area (Å²) in [6, 6.07) is 5.94. The molecule has 0 aliphatic rings. The Morgan fingerprint density at radius 3 is 2.67 bits per heavy atom. The molecule has 0 bridgehead atoms. The van der Waals surface area contributed by atoms with Crippen LogP contribution in [0, 0.1) is 0 Å². The third kappa shape index (κ3) is 3.49. The molecule has 0 fully saturated rings. The quantitative estimate of drug-likeness (QED) is 0.571. The molecule has 88 valence electrons. The van der Waals surface area contributed by atoms with Crippen molar-refractivity contribution in [1.29, 1.82) is 0 Å². The zero-order valence-electron chi connectivity index (χ0n) is 9.34. The Kier molecular flexibility index (Phi) is 5.09. The molecule has 15 heavy (non-hydrogen) atoms. The Labute approximate surface area is 97.7 Å². The van der Waals surface area contributed by atoms with E-state index < -0.39 is 18.4 Å². The van der Waals surface area contributed by atoms with Crippen LogP contribution in [0.2, 0.25) is 10.3 Å². The molecule has 1 aromatic rings. The van der Waals surface area contributed by atoms with Gasteiger partial charge in [-0.2, -0.15) is 0 Å². The van der Waals surface area contributed by atoms with Crippen molar-refractivity contribution in [2.24, 2.45) is 0 Å². The van der Waals surface area contributed by atoms with Gasteiger partial charge in [-0.3, -0.25) is 0 Å². The molecule has 0 aliphatic heterocycles. The summed E-state index contributed by atoms with van der Waals surface area (Å²) in [5.41, 5.74) is 0.656. The predicted molar refractivity (Wildman–Crippen MR) is 59.0 cm³/mol. The van der Waals surface area contributed by atoms with E-state index in [2.05, 4.69) is 17.2 Å². The standard InChI is InChI=1S/C10H11O2.2CH3.Au/c1-2-7-12-10-6-4-3-5-9(10)8-11;;;/h3,5-6,8H,2,7H2,1H3;2*1H3;. The van der Waals surface area contributed by atoms with Crippen molar-refractivity contribution in [2.75, 3.05) is 6.61 Å². The van der Waals surface area contributed by atoms with Gasteiger partial charge in [0.25, 0.3) is 0 Å². The van der Waals surface area contributed by atoms with E-state index in [9.17, 15) is 4.79 Å². The molecule has 0 radical (unpaired) electrons. The fraction of sp³-hybridized carbons (Fsp3) is 0.417. The molecule has 0 aliphatic carbocycles. The number of carbonyl (C=O) groups is 1. The number of aldehydes is 1. The van der Waals surface area contributed by atoms with Crippen LogP contribution >= 0.6 is 0 Å². The molecular weight excluding hydrogens is 373 g/mol. The molecule has 1 rings (SSSR count). The number of ether oxygens (including phenoxy) is 1. The minimum atomic E-state index is -0.903.